The Labute approximate surface area is 138 Å². The molecule has 2 aromatic heterocycles. The average molecular weight is 321 g/mol. The molecular weight excluding hydrogens is 306 g/mol. The lowest BCUT2D eigenvalue weighted by molar-refractivity contribution is 0.415. The van der Waals surface area contributed by atoms with Crippen molar-refractivity contribution in [2.75, 3.05) is 7.11 Å². The molecule has 4 aromatic rings. The van der Waals surface area contributed by atoms with Gasteiger partial charge in [0.25, 0.3) is 0 Å². The minimum absolute atomic E-state index is 0.832. The Balaban J connectivity index is 1.87. The van der Waals surface area contributed by atoms with Crippen LogP contribution in [0.3, 0.4) is 0 Å². The molecule has 23 heavy (non-hydrogen) atoms. The number of benzene rings is 2. The van der Waals surface area contributed by atoms with Crippen LogP contribution in [0.2, 0.25) is 0 Å². The zero-order valence-electron chi connectivity index (χ0n) is 12.9. The van der Waals surface area contributed by atoms with E-state index in [0.29, 0.717) is 0 Å². The first-order valence-corrected chi connectivity index (χ1v) is 8.18. The van der Waals surface area contributed by atoms with Gasteiger partial charge >= 0.3 is 0 Å². The first-order chi connectivity index (χ1) is 11.3. The van der Waals surface area contributed by atoms with E-state index in [2.05, 4.69) is 51.2 Å². The number of hydrogen-bond acceptors (Lipinski definition) is 4. The number of aromatic nitrogens is 3. The molecule has 4 rings (SSSR count). The monoisotopic (exact) mass is 321 g/mol. The molecule has 5 heteroatoms. The SMILES string of the molecule is COc1ccc(-c2nnc3scc(-c4ccc(C)cc4)n23)cc1. The Morgan fingerprint density at radius 1 is 0.913 bits per heavy atom. The molecule has 0 radical (unpaired) electrons. The van der Waals surface area contributed by atoms with Crippen LogP contribution in [0.25, 0.3) is 27.6 Å². The molecule has 0 bridgehead atoms. The van der Waals surface area contributed by atoms with Crippen LogP contribution in [0.5, 0.6) is 5.75 Å². The van der Waals surface area contributed by atoms with Crippen molar-refractivity contribution >= 4 is 16.3 Å². The smallest absolute Gasteiger partial charge is 0.216 e. The van der Waals surface area contributed by atoms with E-state index in [1.165, 1.54) is 5.56 Å². The maximum Gasteiger partial charge on any atom is 0.216 e. The molecule has 0 aliphatic carbocycles. The first-order valence-electron chi connectivity index (χ1n) is 7.30. The fourth-order valence-corrected chi connectivity index (χ4v) is 3.41. The second kappa shape index (κ2) is 5.52. The molecule has 0 atom stereocenters. The maximum absolute atomic E-state index is 5.22. The van der Waals surface area contributed by atoms with E-state index < -0.39 is 0 Å². The van der Waals surface area contributed by atoms with Crippen molar-refractivity contribution in [3.63, 3.8) is 0 Å². The Morgan fingerprint density at radius 2 is 1.61 bits per heavy atom. The summed E-state index contributed by atoms with van der Waals surface area (Å²) in [5.41, 5.74) is 4.54. The van der Waals surface area contributed by atoms with Gasteiger partial charge in [0.2, 0.25) is 4.96 Å². The molecule has 0 saturated carbocycles. The number of methoxy groups -OCH3 is 1. The van der Waals surface area contributed by atoms with E-state index in [0.717, 1.165) is 33.4 Å². The van der Waals surface area contributed by atoms with Gasteiger partial charge in [0, 0.05) is 10.9 Å². The quantitative estimate of drug-likeness (QED) is 0.560. The molecule has 0 aliphatic heterocycles. The standard InChI is InChI=1S/C18H15N3OS/c1-12-3-5-13(6-4-12)16-11-23-18-20-19-17(21(16)18)14-7-9-15(22-2)10-8-14/h3-11H,1-2H3. The van der Waals surface area contributed by atoms with E-state index >= 15 is 0 Å². The topological polar surface area (TPSA) is 39.4 Å². The summed E-state index contributed by atoms with van der Waals surface area (Å²) >= 11 is 1.60. The third kappa shape index (κ3) is 2.39. The summed E-state index contributed by atoms with van der Waals surface area (Å²) in [6, 6.07) is 16.4. The highest BCUT2D eigenvalue weighted by molar-refractivity contribution is 7.15. The number of rotatable bonds is 3. The van der Waals surface area contributed by atoms with Crippen LogP contribution in [0.15, 0.2) is 53.9 Å². The van der Waals surface area contributed by atoms with Crippen LogP contribution < -0.4 is 4.74 Å². The molecule has 0 fully saturated rings. The molecule has 0 saturated heterocycles. The lowest BCUT2D eigenvalue weighted by atomic mass is 10.1. The second-order valence-corrected chi connectivity index (χ2v) is 6.19. The lowest BCUT2D eigenvalue weighted by Crippen LogP contribution is -1.91. The van der Waals surface area contributed by atoms with Crippen molar-refractivity contribution in [2.45, 2.75) is 6.92 Å². The number of hydrogen-bond donors (Lipinski definition) is 0. The molecule has 0 unspecified atom stereocenters. The Kier molecular flexibility index (Phi) is 3.35. The number of nitrogens with zero attached hydrogens (tertiary/aromatic N) is 3. The van der Waals surface area contributed by atoms with Crippen molar-refractivity contribution < 1.29 is 4.74 Å². The Bertz CT molecular complexity index is 952. The van der Waals surface area contributed by atoms with Crippen LogP contribution >= 0.6 is 11.3 Å². The van der Waals surface area contributed by atoms with E-state index in [9.17, 15) is 0 Å². The number of ether oxygens (including phenoxy) is 1. The Morgan fingerprint density at radius 3 is 2.30 bits per heavy atom. The molecule has 2 aromatic carbocycles. The summed E-state index contributed by atoms with van der Waals surface area (Å²) < 4.78 is 7.33. The predicted octanol–water partition coefficient (Wildman–Crippen LogP) is 4.44. The van der Waals surface area contributed by atoms with Gasteiger partial charge in [-0.25, -0.2) is 0 Å². The zero-order valence-corrected chi connectivity index (χ0v) is 13.7. The van der Waals surface area contributed by atoms with E-state index in [-0.39, 0.29) is 0 Å². The largest absolute Gasteiger partial charge is 0.497 e. The van der Waals surface area contributed by atoms with Gasteiger partial charge in [-0.15, -0.1) is 21.5 Å². The van der Waals surface area contributed by atoms with E-state index in [4.69, 9.17) is 4.74 Å². The van der Waals surface area contributed by atoms with Gasteiger partial charge in [-0.05, 0) is 36.8 Å². The summed E-state index contributed by atoms with van der Waals surface area (Å²) in [5, 5.41) is 10.8. The van der Waals surface area contributed by atoms with Crippen molar-refractivity contribution in [2.24, 2.45) is 0 Å². The van der Waals surface area contributed by atoms with Crippen LogP contribution in [0.4, 0.5) is 0 Å². The van der Waals surface area contributed by atoms with Gasteiger partial charge in [0.1, 0.15) is 5.75 Å². The van der Waals surface area contributed by atoms with Gasteiger partial charge in [0.15, 0.2) is 5.82 Å². The third-order valence-electron chi connectivity index (χ3n) is 3.85. The van der Waals surface area contributed by atoms with Gasteiger partial charge < -0.3 is 4.74 Å². The first kappa shape index (κ1) is 14.0. The highest BCUT2D eigenvalue weighted by atomic mass is 32.1. The molecule has 0 amide bonds. The third-order valence-corrected chi connectivity index (χ3v) is 4.66. The van der Waals surface area contributed by atoms with E-state index in [1.807, 2.05) is 24.3 Å². The number of aryl methyl sites for hydroxylation is 1. The fraction of sp³-hybridized carbons (Fsp3) is 0.111. The minimum atomic E-state index is 0.832. The molecule has 4 nitrogen and oxygen atoms in total. The fourth-order valence-electron chi connectivity index (χ4n) is 2.57. The molecule has 0 N–H and O–H groups in total. The van der Waals surface area contributed by atoms with Crippen molar-refractivity contribution in [1.29, 1.82) is 0 Å². The summed E-state index contributed by atoms with van der Waals surface area (Å²) in [5.74, 6) is 1.68. The van der Waals surface area contributed by atoms with E-state index in [1.54, 1.807) is 18.4 Å². The molecule has 114 valence electrons. The van der Waals surface area contributed by atoms with Gasteiger partial charge in [-0.1, -0.05) is 29.8 Å². The highest BCUT2D eigenvalue weighted by Gasteiger charge is 2.14. The van der Waals surface area contributed by atoms with Crippen LogP contribution in [0.1, 0.15) is 5.56 Å². The normalized spacial score (nSPS) is 11.0. The van der Waals surface area contributed by atoms with Crippen molar-refractivity contribution in [3.8, 4) is 28.4 Å². The van der Waals surface area contributed by atoms with Gasteiger partial charge in [0.05, 0.1) is 12.8 Å². The molecule has 2 heterocycles. The summed E-state index contributed by atoms with van der Waals surface area (Å²) in [4.78, 5) is 0.895. The van der Waals surface area contributed by atoms with Crippen LogP contribution in [-0.4, -0.2) is 21.7 Å². The highest BCUT2D eigenvalue weighted by Crippen LogP contribution is 2.30. The van der Waals surface area contributed by atoms with Gasteiger partial charge in [-0.2, -0.15) is 0 Å². The number of thiazole rings is 1. The Hall–Kier alpha value is -2.66. The molecule has 0 aliphatic rings. The predicted molar refractivity (Wildman–Crippen MR) is 93.0 cm³/mol. The summed E-state index contributed by atoms with van der Waals surface area (Å²) in [6.07, 6.45) is 0. The number of fused-ring (bicyclic) bond motifs is 1. The van der Waals surface area contributed by atoms with Gasteiger partial charge in [-0.3, -0.25) is 4.40 Å². The van der Waals surface area contributed by atoms with Crippen molar-refractivity contribution in [3.05, 3.63) is 59.5 Å². The average Bonchev–Trinajstić information content (AvgIpc) is 3.18. The van der Waals surface area contributed by atoms with Crippen LogP contribution in [-0.2, 0) is 0 Å². The van der Waals surface area contributed by atoms with Crippen LogP contribution in [0, 0.1) is 6.92 Å². The molecule has 0 spiro atoms. The second-order valence-electron chi connectivity index (χ2n) is 5.36. The zero-order chi connectivity index (χ0) is 15.8. The summed E-state index contributed by atoms with van der Waals surface area (Å²) in [7, 11) is 1.67. The minimum Gasteiger partial charge on any atom is -0.497 e. The summed E-state index contributed by atoms with van der Waals surface area (Å²) in [6.45, 7) is 2.09. The lowest BCUT2D eigenvalue weighted by Gasteiger charge is -2.05. The molecular formula is C18H15N3OS. The van der Waals surface area contributed by atoms with Crippen molar-refractivity contribution in [1.82, 2.24) is 14.6 Å². The maximum atomic E-state index is 5.22.